The molecule has 2 N–H and O–H groups in total. The first-order valence-electron chi connectivity index (χ1n) is 8.45. The lowest BCUT2D eigenvalue weighted by Crippen LogP contribution is -2.46. The quantitative estimate of drug-likeness (QED) is 0.835. The highest BCUT2D eigenvalue weighted by atomic mass is 16.6. The van der Waals surface area contributed by atoms with Gasteiger partial charge in [0.25, 0.3) is 0 Å². The van der Waals surface area contributed by atoms with Gasteiger partial charge < -0.3 is 19.8 Å². The molecule has 1 aromatic heterocycles. The number of amides is 1. The van der Waals surface area contributed by atoms with Gasteiger partial charge in [-0.05, 0) is 66.4 Å². The maximum Gasteiger partial charge on any atom is 0.407 e. The monoisotopic (exact) mass is 322 g/mol. The Bertz CT molecular complexity index is 541. The average Bonchev–Trinajstić information content (AvgIpc) is 3.17. The second-order valence-corrected chi connectivity index (χ2v) is 7.59. The lowest BCUT2D eigenvalue weighted by molar-refractivity contribution is 0.0496. The predicted molar refractivity (Wildman–Crippen MR) is 90.5 cm³/mol. The number of furan rings is 1. The summed E-state index contributed by atoms with van der Waals surface area (Å²) in [6.45, 7) is 12.4. The molecule has 2 rings (SSSR count). The average molecular weight is 322 g/mol. The van der Waals surface area contributed by atoms with E-state index in [0.717, 1.165) is 18.1 Å². The molecule has 0 aliphatic heterocycles. The zero-order chi connectivity index (χ0) is 17.2. The van der Waals surface area contributed by atoms with E-state index >= 15 is 0 Å². The van der Waals surface area contributed by atoms with Crippen molar-refractivity contribution in [1.82, 2.24) is 10.6 Å². The van der Waals surface area contributed by atoms with Gasteiger partial charge in [-0.1, -0.05) is 0 Å². The van der Waals surface area contributed by atoms with E-state index in [0.29, 0.717) is 5.92 Å². The number of hydrogen-bond donors (Lipinski definition) is 2. The van der Waals surface area contributed by atoms with Crippen LogP contribution in [0.25, 0.3) is 0 Å². The summed E-state index contributed by atoms with van der Waals surface area (Å²) in [5, 5.41) is 6.53. The fraction of sp³-hybridized carbons (Fsp3) is 0.722. The third-order valence-electron chi connectivity index (χ3n) is 4.08. The standard InChI is InChI=1S/C18H30N2O3/c1-11-9-15(13(3)22-11)12(2)19-10-16(14-7-8-14)20-17(21)23-18(4,5)6/h9,12,14,16,19H,7-8,10H2,1-6H3,(H,20,21). The Kier molecular flexibility index (Phi) is 5.40. The minimum absolute atomic E-state index is 0.112. The first kappa shape index (κ1) is 17.9. The number of aryl methyl sites for hydroxylation is 2. The van der Waals surface area contributed by atoms with E-state index in [2.05, 4.69) is 23.6 Å². The largest absolute Gasteiger partial charge is 0.466 e. The van der Waals surface area contributed by atoms with Crippen molar-refractivity contribution in [3.8, 4) is 0 Å². The Balaban J connectivity index is 1.87. The van der Waals surface area contributed by atoms with Crippen LogP contribution in [0.3, 0.4) is 0 Å². The number of hydrogen-bond acceptors (Lipinski definition) is 4. The van der Waals surface area contributed by atoms with Crippen LogP contribution in [0.1, 0.15) is 63.7 Å². The maximum atomic E-state index is 12.0. The summed E-state index contributed by atoms with van der Waals surface area (Å²) in [4.78, 5) is 12.0. The van der Waals surface area contributed by atoms with Gasteiger partial charge in [0.05, 0.1) is 0 Å². The van der Waals surface area contributed by atoms with Crippen LogP contribution in [0, 0.1) is 19.8 Å². The fourth-order valence-corrected chi connectivity index (χ4v) is 2.79. The minimum atomic E-state index is -0.468. The molecule has 2 atom stereocenters. The lowest BCUT2D eigenvalue weighted by Gasteiger charge is -2.25. The molecule has 0 spiro atoms. The fourth-order valence-electron chi connectivity index (χ4n) is 2.79. The van der Waals surface area contributed by atoms with Crippen LogP contribution in [-0.2, 0) is 4.74 Å². The van der Waals surface area contributed by atoms with Gasteiger partial charge in [-0.2, -0.15) is 0 Å². The smallest absolute Gasteiger partial charge is 0.407 e. The van der Waals surface area contributed by atoms with E-state index in [4.69, 9.17) is 9.15 Å². The molecular formula is C18H30N2O3. The van der Waals surface area contributed by atoms with Gasteiger partial charge in [0, 0.05) is 24.2 Å². The van der Waals surface area contributed by atoms with Crippen molar-refractivity contribution in [2.45, 2.75) is 72.1 Å². The number of carbonyl (C=O) groups is 1. The first-order chi connectivity index (χ1) is 10.7. The Morgan fingerprint density at radius 1 is 1.39 bits per heavy atom. The lowest BCUT2D eigenvalue weighted by atomic mass is 10.1. The number of ether oxygens (including phenoxy) is 1. The molecule has 5 nitrogen and oxygen atoms in total. The molecule has 1 heterocycles. The number of carbonyl (C=O) groups excluding carboxylic acids is 1. The molecule has 1 amide bonds. The number of nitrogens with one attached hydrogen (secondary N) is 2. The van der Waals surface area contributed by atoms with Gasteiger partial charge in [-0.3, -0.25) is 0 Å². The summed E-state index contributed by atoms with van der Waals surface area (Å²) < 4.78 is 11.0. The molecule has 0 radical (unpaired) electrons. The maximum absolute atomic E-state index is 12.0. The van der Waals surface area contributed by atoms with Crippen molar-refractivity contribution in [2.75, 3.05) is 6.54 Å². The van der Waals surface area contributed by atoms with Crippen molar-refractivity contribution >= 4 is 6.09 Å². The third-order valence-corrected chi connectivity index (χ3v) is 4.08. The van der Waals surface area contributed by atoms with E-state index in [1.165, 1.54) is 18.4 Å². The van der Waals surface area contributed by atoms with Crippen LogP contribution < -0.4 is 10.6 Å². The summed E-state index contributed by atoms with van der Waals surface area (Å²) in [5.41, 5.74) is 0.707. The van der Waals surface area contributed by atoms with E-state index in [1.54, 1.807) is 0 Å². The molecule has 2 unspecified atom stereocenters. The molecule has 1 aliphatic carbocycles. The zero-order valence-electron chi connectivity index (χ0n) is 15.2. The summed E-state index contributed by atoms with van der Waals surface area (Å²) in [6, 6.07) is 2.37. The molecule has 1 aliphatic rings. The molecule has 0 aromatic carbocycles. The highest BCUT2D eigenvalue weighted by molar-refractivity contribution is 5.68. The van der Waals surface area contributed by atoms with Crippen LogP contribution >= 0.6 is 0 Å². The summed E-state index contributed by atoms with van der Waals surface area (Å²) >= 11 is 0. The molecule has 23 heavy (non-hydrogen) atoms. The summed E-state index contributed by atoms with van der Waals surface area (Å²) in [5.74, 6) is 2.43. The van der Waals surface area contributed by atoms with Crippen LogP contribution in [0.5, 0.6) is 0 Å². The minimum Gasteiger partial charge on any atom is -0.466 e. The highest BCUT2D eigenvalue weighted by Gasteiger charge is 2.33. The highest BCUT2D eigenvalue weighted by Crippen LogP contribution is 2.33. The summed E-state index contributed by atoms with van der Waals surface area (Å²) in [6.07, 6.45) is 2.00. The molecule has 5 heteroatoms. The van der Waals surface area contributed by atoms with Gasteiger partial charge in [0.2, 0.25) is 0 Å². The van der Waals surface area contributed by atoms with Crippen molar-refractivity contribution in [3.63, 3.8) is 0 Å². The number of rotatable bonds is 6. The SMILES string of the molecule is Cc1cc(C(C)NCC(NC(=O)OC(C)(C)C)C2CC2)c(C)o1. The van der Waals surface area contributed by atoms with E-state index in [-0.39, 0.29) is 18.2 Å². The second-order valence-electron chi connectivity index (χ2n) is 7.59. The van der Waals surface area contributed by atoms with Gasteiger partial charge >= 0.3 is 6.09 Å². The van der Waals surface area contributed by atoms with Crippen LogP contribution in [0.4, 0.5) is 4.79 Å². The van der Waals surface area contributed by atoms with Crippen molar-refractivity contribution in [1.29, 1.82) is 0 Å². The van der Waals surface area contributed by atoms with Crippen molar-refractivity contribution in [3.05, 3.63) is 23.2 Å². The molecule has 1 saturated carbocycles. The molecule has 130 valence electrons. The van der Waals surface area contributed by atoms with E-state index in [9.17, 15) is 4.79 Å². The molecule has 1 aromatic rings. The number of alkyl carbamates (subject to hydrolysis) is 1. The summed E-state index contributed by atoms with van der Waals surface area (Å²) in [7, 11) is 0. The van der Waals surface area contributed by atoms with Gasteiger partial charge in [-0.25, -0.2) is 4.79 Å². The Labute approximate surface area is 139 Å². The van der Waals surface area contributed by atoms with E-state index in [1.807, 2.05) is 34.6 Å². The van der Waals surface area contributed by atoms with Gasteiger partial charge in [0.15, 0.2) is 0 Å². The van der Waals surface area contributed by atoms with Crippen molar-refractivity contribution < 1.29 is 13.9 Å². The third kappa shape index (κ3) is 5.57. The Morgan fingerprint density at radius 3 is 2.52 bits per heavy atom. The Hall–Kier alpha value is -1.49. The topological polar surface area (TPSA) is 63.5 Å². The second kappa shape index (κ2) is 6.95. The molecule has 0 bridgehead atoms. The molecule has 1 fully saturated rings. The van der Waals surface area contributed by atoms with Crippen LogP contribution in [0.15, 0.2) is 10.5 Å². The molecule has 0 saturated heterocycles. The van der Waals surface area contributed by atoms with E-state index < -0.39 is 5.60 Å². The van der Waals surface area contributed by atoms with Gasteiger partial charge in [0.1, 0.15) is 17.1 Å². The van der Waals surface area contributed by atoms with Crippen LogP contribution in [-0.4, -0.2) is 24.3 Å². The van der Waals surface area contributed by atoms with Crippen molar-refractivity contribution in [2.24, 2.45) is 5.92 Å². The first-order valence-corrected chi connectivity index (χ1v) is 8.45. The normalized spacial score (nSPS) is 17.7. The molecular weight excluding hydrogens is 292 g/mol. The zero-order valence-corrected chi connectivity index (χ0v) is 15.2. The van der Waals surface area contributed by atoms with Gasteiger partial charge in [-0.15, -0.1) is 0 Å². The van der Waals surface area contributed by atoms with Crippen LogP contribution in [0.2, 0.25) is 0 Å². The predicted octanol–water partition coefficient (Wildman–Crippen LogP) is 3.85. The Morgan fingerprint density at radius 2 is 2.04 bits per heavy atom.